The van der Waals surface area contributed by atoms with E-state index < -0.39 is 0 Å². The van der Waals surface area contributed by atoms with Crippen molar-refractivity contribution in [3.05, 3.63) is 78.1 Å². The minimum atomic E-state index is 0.699. The molecule has 0 atom stereocenters. The van der Waals surface area contributed by atoms with E-state index in [9.17, 15) is 0 Å². The lowest BCUT2D eigenvalue weighted by atomic mass is 10.1. The first-order chi connectivity index (χ1) is 12.3. The first-order valence-corrected chi connectivity index (χ1v) is 8.30. The smallest absolute Gasteiger partial charge is 0.131 e. The summed E-state index contributed by atoms with van der Waals surface area (Å²) in [5, 5.41) is 6.65. The van der Waals surface area contributed by atoms with Gasteiger partial charge in [0.15, 0.2) is 0 Å². The van der Waals surface area contributed by atoms with Crippen molar-refractivity contribution >= 4 is 11.6 Å². The molecule has 0 radical (unpaired) electrons. The van der Waals surface area contributed by atoms with E-state index in [1.54, 1.807) is 13.4 Å². The maximum atomic E-state index is 5.17. The highest BCUT2D eigenvalue weighted by atomic mass is 16.5. The molecule has 0 fully saturated rings. The number of ether oxygens (including phenoxy) is 1. The first-order valence-electron chi connectivity index (χ1n) is 8.30. The number of aromatic nitrogens is 2. The molecule has 128 valence electrons. The van der Waals surface area contributed by atoms with Crippen LogP contribution >= 0.6 is 0 Å². The van der Waals surface area contributed by atoms with Crippen LogP contribution in [-0.2, 0) is 13.0 Å². The SMILES string of the molecule is COc1ccc(CNc2cc(NCCc3ccccc3)ncn2)cc1. The zero-order valence-corrected chi connectivity index (χ0v) is 14.3. The third-order valence-corrected chi connectivity index (χ3v) is 3.86. The van der Waals surface area contributed by atoms with E-state index in [2.05, 4.69) is 44.9 Å². The molecule has 5 nitrogen and oxygen atoms in total. The fourth-order valence-corrected chi connectivity index (χ4v) is 2.47. The number of rotatable bonds is 8. The van der Waals surface area contributed by atoms with Crippen LogP contribution in [0.4, 0.5) is 11.6 Å². The Morgan fingerprint density at radius 2 is 1.56 bits per heavy atom. The molecule has 0 spiro atoms. The van der Waals surface area contributed by atoms with Crippen molar-refractivity contribution in [2.75, 3.05) is 24.3 Å². The van der Waals surface area contributed by atoms with Crippen LogP contribution in [0.1, 0.15) is 11.1 Å². The summed E-state index contributed by atoms with van der Waals surface area (Å²) in [5.74, 6) is 2.48. The summed E-state index contributed by atoms with van der Waals surface area (Å²) in [4.78, 5) is 8.54. The van der Waals surface area contributed by atoms with Gasteiger partial charge in [-0.05, 0) is 29.7 Å². The zero-order valence-electron chi connectivity index (χ0n) is 14.3. The minimum absolute atomic E-state index is 0.699. The van der Waals surface area contributed by atoms with Crippen LogP contribution in [-0.4, -0.2) is 23.6 Å². The van der Waals surface area contributed by atoms with Crippen molar-refractivity contribution in [2.45, 2.75) is 13.0 Å². The van der Waals surface area contributed by atoms with Gasteiger partial charge in [-0.15, -0.1) is 0 Å². The Bertz CT molecular complexity index is 775. The summed E-state index contributed by atoms with van der Waals surface area (Å²) in [6.07, 6.45) is 2.53. The number of hydrogen-bond donors (Lipinski definition) is 2. The predicted octanol–water partition coefficient (Wildman–Crippen LogP) is 3.75. The molecule has 0 bridgehead atoms. The summed E-state index contributed by atoms with van der Waals surface area (Å²) in [7, 11) is 1.67. The van der Waals surface area contributed by atoms with Crippen LogP contribution in [0, 0.1) is 0 Å². The van der Waals surface area contributed by atoms with Crippen LogP contribution in [0.2, 0.25) is 0 Å². The molecule has 3 aromatic rings. The van der Waals surface area contributed by atoms with Gasteiger partial charge in [0.25, 0.3) is 0 Å². The van der Waals surface area contributed by atoms with E-state index in [1.807, 2.05) is 36.4 Å². The molecule has 25 heavy (non-hydrogen) atoms. The normalized spacial score (nSPS) is 10.3. The number of methoxy groups -OCH3 is 1. The summed E-state index contributed by atoms with van der Waals surface area (Å²) in [5.41, 5.74) is 2.47. The van der Waals surface area contributed by atoms with Crippen molar-refractivity contribution < 1.29 is 4.74 Å². The molecule has 0 aliphatic rings. The molecule has 5 heteroatoms. The number of nitrogens with one attached hydrogen (secondary N) is 2. The third-order valence-electron chi connectivity index (χ3n) is 3.86. The Labute approximate surface area is 148 Å². The number of anilines is 2. The third kappa shape index (κ3) is 5.21. The lowest BCUT2D eigenvalue weighted by molar-refractivity contribution is 0.414. The fourth-order valence-electron chi connectivity index (χ4n) is 2.47. The summed E-state index contributed by atoms with van der Waals surface area (Å²) < 4.78 is 5.17. The molecule has 1 aromatic heterocycles. The van der Waals surface area contributed by atoms with Gasteiger partial charge in [-0.2, -0.15) is 0 Å². The van der Waals surface area contributed by atoms with Gasteiger partial charge < -0.3 is 15.4 Å². The number of hydrogen-bond acceptors (Lipinski definition) is 5. The maximum absolute atomic E-state index is 5.17. The second kappa shape index (κ2) is 8.68. The monoisotopic (exact) mass is 334 g/mol. The quantitative estimate of drug-likeness (QED) is 0.657. The van der Waals surface area contributed by atoms with Gasteiger partial charge in [-0.3, -0.25) is 0 Å². The van der Waals surface area contributed by atoms with Gasteiger partial charge in [-0.25, -0.2) is 9.97 Å². The van der Waals surface area contributed by atoms with Gasteiger partial charge in [0.1, 0.15) is 23.7 Å². The van der Waals surface area contributed by atoms with Crippen molar-refractivity contribution in [3.8, 4) is 5.75 Å². The first kappa shape index (κ1) is 16.8. The molecule has 0 aliphatic carbocycles. The molecule has 0 aliphatic heterocycles. The second-order valence-electron chi connectivity index (χ2n) is 5.65. The van der Waals surface area contributed by atoms with Gasteiger partial charge in [0.2, 0.25) is 0 Å². The van der Waals surface area contributed by atoms with E-state index >= 15 is 0 Å². The molecule has 1 heterocycles. The molecular weight excluding hydrogens is 312 g/mol. The zero-order chi connectivity index (χ0) is 17.3. The van der Waals surface area contributed by atoms with Crippen LogP contribution in [0.15, 0.2) is 67.0 Å². The second-order valence-corrected chi connectivity index (χ2v) is 5.65. The average Bonchev–Trinajstić information content (AvgIpc) is 2.68. The molecule has 0 amide bonds. The largest absolute Gasteiger partial charge is 0.497 e. The molecule has 3 rings (SSSR count). The van der Waals surface area contributed by atoms with Gasteiger partial charge >= 0.3 is 0 Å². The Morgan fingerprint density at radius 3 is 2.28 bits per heavy atom. The highest BCUT2D eigenvalue weighted by Gasteiger charge is 2.00. The Balaban J connectivity index is 1.50. The van der Waals surface area contributed by atoms with E-state index in [-0.39, 0.29) is 0 Å². The van der Waals surface area contributed by atoms with Gasteiger partial charge in [-0.1, -0.05) is 42.5 Å². The number of benzene rings is 2. The fraction of sp³-hybridized carbons (Fsp3) is 0.200. The van der Waals surface area contributed by atoms with Crippen molar-refractivity contribution in [1.29, 1.82) is 0 Å². The minimum Gasteiger partial charge on any atom is -0.497 e. The van der Waals surface area contributed by atoms with Crippen molar-refractivity contribution in [3.63, 3.8) is 0 Å². The predicted molar refractivity (Wildman–Crippen MR) is 101 cm³/mol. The average molecular weight is 334 g/mol. The van der Waals surface area contributed by atoms with Crippen LogP contribution < -0.4 is 15.4 Å². The lowest BCUT2D eigenvalue weighted by Gasteiger charge is -2.09. The van der Waals surface area contributed by atoms with Crippen LogP contribution in [0.3, 0.4) is 0 Å². The van der Waals surface area contributed by atoms with E-state index in [1.165, 1.54) is 5.56 Å². The molecule has 0 unspecified atom stereocenters. The van der Waals surface area contributed by atoms with Gasteiger partial charge in [0.05, 0.1) is 7.11 Å². The maximum Gasteiger partial charge on any atom is 0.131 e. The molecule has 0 saturated carbocycles. The standard InChI is InChI=1S/C20H22N4O/c1-25-18-9-7-17(8-10-18)14-22-20-13-19(23-15-24-20)21-12-11-16-5-3-2-4-6-16/h2-10,13,15H,11-12,14H2,1H3,(H2,21,22,23,24). The Kier molecular flexibility index (Phi) is 5.82. The van der Waals surface area contributed by atoms with E-state index in [0.717, 1.165) is 35.9 Å². The van der Waals surface area contributed by atoms with E-state index in [4.69, 9.17) is 4.74 Å². The molecule has 2 N–H and O–H groups in total. The lowest BCUT2D eigenvalue weighted by Crippen LogP contribution is -2.08. The molecular formula is C20H22N4O. The van der Waals surface area contributed by atoms with E-state index in [0.29, 0.717) is 6.54 Å². The topological polar surface area (TPSA) is 59.1 Å². The number of nitrogens with zero attached hydrogens (tertiary/aromatic N) is 2. The Morgan fingerprint density at radius 1 is 0.840 bits per heavy atom. The van der Waals surface area contributed by atoms with Gasteiger partial charge in [0, 0.05) is 19.2 Å². The molecule has 2 aromatic carbocycles. The molecule has 0 saturated heterocycles. The highest BCUT2D eigenvalue weighted by molar-refractivity contribution is 5.47. The van der Waals surface area contributed by atoms with Crippen molar-refractivity contribution in [1.82, 2.24) is 9.97 Å². The van der Waals surface area contributed by atoms with Crippen LogP contribution in [0.5, 0.6) is 5.75 Å². The highest BCUT2D eigenvalue weighted by Crippen LogP contribution is 2.14. The van der Waals surface area contributed by atoms with Crippen LogP contribution in [0.25, 0.3) is 0 Å². The summed E-state index contributed by atoms with van der Waals surface area (Å²) >= 11 is 0. The Hall–Kier alpha value is -3.08. The summed E-state index contributed by atoms with van der Waals surface area (Å²) in [6.45, 7) is 1.53. The summed E-state index contributed by atoms with van der Waals surface area (Å²) in [6, 6.07) is 20.3. The van der Waals surface area contributed by atoms with Crippen molar-refractivity contribution in [2.24, 2.45) is 0 Å².